The van der Waals surface area contributed by atoms with Crippen LogP contribution in [0, 0.1) is 5.92 Å². The highest BCUT2D eigenvalue weighted by Gasteiger charge is 2.17. The van der Waals surface area contributed by atoms with Crippen molar-refractivity contribution in [2.45, 2.75) is 33.2 Å². The van der Waals surface area contributed by atoms with Crippen molar-refractivity contribution in [3.8, 4) is 0 Å². The van der Waals surface area contributed by atoms with E-state index in [1.54, 1.807) is 13.8 Å². The summed E-state index contributed by atoms with van der Waals surface area (Å²) >= 11 is 0. The Balaban J connectivity index is 2.46. The van der Waals surface area contributed by atoms with Gasteiger partial charge in [-0.3, -0.25) is 9.59 Å². The molecule has 0 radical (unpaired) electrons. The molecule has 2 amide bonds. The summed E-state index contributed by atoms with van der Waals surface area (Å²) in [6.45, 7) is 5.51. The highest BCUT2D eigenvalue weighted by Crippen LogP contribution is 2.10. The molecule has 2 atom stereocenters. The average Bonchev–Trinajstić information content (AvgIpc) is 2.43. The lowest BCUT2D eigenvalue weighted by Gasteiger charge is -2.15. The van der Waals surface area contributed by atoms with Gasteiger partial charge in [-0.25, -0.2) is 0 Å². The van der Waals surface area contributed by atoms with Crippen LogP contribution in [0.4, 0.5) is 5.69 Å². The van der Waals surface area contributed by atoms with Gasteiger partial charge in [-0.15, -0.1) is 0 Å². The van der Waals surface area contributed by atoms with E-state index in [-0.39, 0.29) is 30.3 Å². The Morgan fingerprint density at radius 2 is 2.00 bits per heavy atom. The van der Waals surface area contributed by atoms with Gasteiger partial charge in [0.1, 0.15) is 0 Å². The Kier molecular flexibility index (Phi) is 6.18. The molecule has 1 rings (SSSR count). The Morgan fingerprint density at radius 1 is 1.30 bits per heavy atom. The van der Waals surface area contributed by atoms with Crippen LogP contribution in [0.25, 0.3) is 0 Å². The van der Waals surface area contributed by atoms with Crippen LogP contribution in [0.1, 0.15) is 26.3 Å². The lowest BCUT2D eigenvalue weighted by Crippen LogP contribution is -2.41. The van der Waals surface area contributed by atoms with Crippen LogP contribution in [0.5, 0.6) is 0 Å². The Hall–Kier alpha value is -1.88. The zero-order chi connectivity index (χ0) is 15.1. The number of amides is 2. The summed E-state index contributed by atoms with van der Waals surface area (Å²) in [5, 5.41) is 5.34. The maximum Gasteiger partial charge on any atom is 0.243 e. The molecule has 0 saturated heterocycles. The number of hydrogen-bond acceptors (Lipinski definition) is 3. The van der Waals surface area contributed by atoms with Crippen molar-refractivity contribution < 1.29 is 9.59 Å². The molecule has 0 aliphatic rings. The van der Waals surface area contributed by atoms with E-state index in [9.17, 15) is 9.59 Å². The third kappa shape index (κ3) is 5.01. The summed E-state index contributed by atoms with van der Waals surface area (Å²) in [4.78, 5) is 23.4. The minimum atomic E-state index is -0.314. The van der Waals surface area contributed by atoms with Gasteiger partial charge in [-0.1, -0.05) is 26.0 Å². The predicted molar refractivity (Wildman–Crippen MR) is 80.3 cm³/mol. The second kappa shape index (κ2) is 7.65. The molecule has 0 aromatic heterocycles. The molecule has 1 aromatic rings. The van der Waals surface area contributed by atoms with E-state index in [1.165, 1.54) is 0 Å². The molecule has 0 spiro atoms. The Morgan fingerprint density at radius 3 is 2.60 bits per heavy atom. The molecule has 5 nitrogen and oxygen atoms in total. The van der Waals surface area contributed by atoms with Gasteiger partial charge in [-0.05, 0) is 31.0 Å². The molecule has 20 heavy (non-hydrogen) atoms. The molecule has 1 aromatic carbocycles. The summed E-state index contributed by atoms with van der Waals surface area (Å²) in [5.74, 6) is -0.771. The van der Waals surface area contributed by atoms with E-state index in [0.717, 1.165) is 17.7 Å². The molecule has 0 aliphatic carbocycles. The van der Waals surface area contributed by atoms with Gasteiger partial charge in [0.05, 0.1) is 6.54 Å². The van der Waals surface area contributed by atoms with Crippen molar-refractivity contribution in [2.24, 2.45) is 11.7 Å². The van der Waals surface area contributed by atoms with Crippen molar-refractivity contribution in [3.63, 3.8) is 0 Å². The largest absolute Gasteiger partial charge is 0.347 e. The molecule has 5 heteroatoms. The second-order valence-electron chi connectivity index (χ2n) is 4.97. The molecular formula is C15H23N3O2. The quantitative estimate of drug-likeness (QED) is 0.732. The van der Waals surface area contributed by atoms with E-state index < -0.39 is 0 Å². The molecule has 2 unspecified atom stereocenters. The fourth-order valence-electron chi connectivity index (χ4n) is 1.64. The number of benzene rings is 1. The minimum absolute atomic E-state index is 0.0494. The SMILES string of the molecule is CCc1cccc(NC(=O)CNC(=O)C(C)C(C)N)c1. The minimum Gasteiger partial charge on any atom is -0.347 e. The number of anilines is 1. The first-order chi connectivity index (χ1) is 9.43. The highest BCUT2D eigenvalue weighted by molar-refractivity contribution is 5.94. The number of rotatable bonds is 6. The van der Waals surface area contributed by atoms with Crippen molar-refractivity contribution >= 4 is 17.5 Å². The fourth-order valence-corrected chi connectivity index (χ4v) is 1.64. The standard InChI is InChI=1S/C15H23N3O2/c1-4-12-6-5-7-13(8-12)18-14(19)9-17-15(20)10(2)11(3)16/h5-8,10-11H,4,9,16H2,1-3H3,(H,17,20)(H,18,19). The van der Waals surface area contributed by atoms with Crippen molar-refractivity contribution in [1.82, 2.24) is 5.32 Å². The summed E-state index contributed by atoms with van der Waals surface area (Å²) in [5.41, 5.74) is 7.53. The van der Waals surface area contributed by atoms with Crippen LogP contribution in [0.3, 0.4) is 0 Å². The number of aryl methyl sites for hydroxylation is 1. The van der Waals surface area contributed by atoms with Crippen LogP contribution in [-0.4, -0.2) is 24.4 Å². The van der Waals surface area contributed by atoms with Crippen molar-refractivity contribution in [1.29, 1.82) is 0 Å². The Labute approximate surface area is 119 Å². The van der Waals surface area contributed by atoms with Crippen molar-refractivity contribution in [2.75, 3.05) is 11.9 Å². The summed E-state index contributed by atoms with van der Waals surface area (Å²) in [6.07, 6.45) is 0.909. The monoisotopic (exact) mass is 277 g/mol. The number of nitrogens with one attached hydrogen (secondary N) is 2. The van der Waals surface area contributed by atoms with Gasteiger partial charge < -0.3 is 16.4 Å². The lowest BCUT2D eigenvalue weighted by molar-refractivity contribution is -0.127. The first-order valence-electron chi connectivity index (χ1n) is 6.86. The van der Waals surface area contributed by atoms with Gasteiger partial charge in [0.2, 0.25) is 11.8 Å². The molecule has 110 valence electrons. The number of carbonyl (C=O) groups excluding carboxylic acids is 2. The first-order valence-corrected chi connectivity index (χ1v) is 6.86. The third-order valence-electron chi connectivity index (χ3n) is 3.24. The molecule has 0 heterocycles. The van der Waals surface area contributed by atoms with E-state index in [0.29, 0.717) is 0 Å². The van der Waals surface area contributed by atoms with Crippen LogP contribution >= 0.6 is 0 Å². The van der Waals surface area contributed by atoms with Gasteiger partial charge in [0.15, 0.2) is 0 Å². The van der Waals surface area contributed by atoms with Gasteiger partial charge in [0.25, 0.3) is 0 Å². The normalized spacial score (nSPS) is 13.4. The van der Waals surface area contributed by atoms with Crippen LogP contribution in [-0.2, 0) is 16.0 Å². The average molecular weight is 277 g/mol. The fraction of sp³-hybridized carbons (Fsp3) is 0.467. The van der Waals surface area contributed by atoms with E-state index in [2.05, 4.69) is 17.6 Å². The second-order valence-corrected chi connectivity index (χ2v) is 4.97. The third-order valence-corrected chi connectivity index (χ3v) is 3.24. The van der Waals surface area contributed by atoms with Crippen LogP contribution in [0.15, 0.2) is 24.3 Å². The molecule has 0 aliphatic heterocycles. The summed E-state index contributed by atoms with van der Waals surface area (Å²) < 4.78 is 0. The summed E-state index contributed by atoms with van der Waals surface area (Å²) in [6, 6.07) is 7.40. The van der Waals surface area contributed by atoms with Crippen LogP contribution < -0.4 is 16.4 Å². The predicted octanol–water partition coefficient (Wildman–Crippen LogP) is 1.29. The van der Waals surface area contributed by atoms with Crippen molar-refractivity contribution in [3.05, 3.63) is 29.8 Å². The summed E-state index contributed by atoms with van der Waals surface area (Å²) in [7, 11) is 0. The molecule has 4 N–H and O–H groups in total. The van der Waals surface area contributed by atoms with Gasteiger partial charge in [0, 0.05) is 17.6 Å². The number of nitrogens with two attached hydrogens (primary N) is 1. The molecule has 0 bridgehead atoms. The van der Waals surface area contributed by atoms with Crippen LogP contribution in [0.2, 0.25) is 0 Å². The topological polar surface area (TPSA) is 84.2 Å². The van der Waals surface area contributed by atoms with E-state index in [1.807, 2.05) is 24.3 Å². The molecule has 0 saturated carbocycles. The van der Waals surface area contributed by atoms with Gasteiger partial charge in [-0.2, -0.15) is 0 Å². The van der Waals surface area contributed by atoms with E-state index in [4.69, 9.17) is 5.73 Å². The molecular weight excluding hydrogens is 254 g/mol. The van der Waals surface area contributed by atoms with Gasteiger partial charge >= 0.3 is 0 Å². The smallest absolute Gasteiger partial charge is 0.243 e. The highest BCUT2D eigenvalue weighted by atomic mass is 16.2. The maximum atomic E-state index is 11.8. The zero-order valence-electron chi connectivity index (χ0n) is 12.3. The number of hydrogen-bond donors (Lipinski definition) is 3. The van der Waals surface area contributed by atoms with E-state index >= 15 is 0 Å². The zero-order valence-corrected chi connectivity index (χ0v) is 12.3. The number of carbonyl (C=O) groups is 2. The maximum absolute atomic E-state index is 11.8. The molecule has 0 fully saturated rings. The lowest BCUT2D eigenvalue weighted by atomic mass is 10.0. The Bertz CT molecular complexity index is 472. The first kappa shape index (κ1) is 16.2.